The van der Waals surface area contributed by atoms with Crippen molar-refractivity contribution in [3.8, 4) is 11.3 Å². The maximum absolute atomic E-state index is 12.1. The molecular weight excluding hydrogens is 354 g/mol. The van der Waals surface area contributed by atoms with Gasteiger partial charge in [-0.15, -0.1) is 0 Å². The molecule has 5 rings (SSSR count). The van der Waals surface area contributed by atoms with Crippen LogP contribution in [0.15, 0.2) is 36.7 Å². The zero-order valence-corrected chi connectivity index (χ0v) is 15.4. The Morgan fingerprint density at radius 3 is 2.93 bits per heavy atom. The number of aromatic nitrogens is 5. The Bertz CT molecular complexity index is 1160. The molecule has 0 saturated heterocycles. The van der Waals surface area contributed by atoms with Crippen LogP contribution in [0.4, 0.5) is 5.82 Å². The summed E-state index contributed by atoms with van der Waals surface area (Å²) in [5.41, 5.74) is 9.58. The second kappa shape index (κ2) is 6.63. The van der Waals surface area contributed by atoms with Gasteiger partial charge in [0.2, 0.25) is 5.91 Å². The molecule has 1 saturated carbocycles. The summed E-state index contributed by atoms with van der Waals surface area (Å²) in [6, 6.07) is 8.23. The van der Waals surface area contributed by atoms with Crippen molar-refractivity contribution in [2.24, 2.45) is 0 Å². The highest BCUT2D eigenvalue weighted by Crippen LogP contribution is 2.29. The van der Waals surface area contributed by atoms with E-state index in [1.54, 1.807) is 10.9 Å². The molecule has 4 aromatic rings. The molecule has 1 aliphatic rings. The average molecular weight is 375 g/mol. The van der Waals surface area contributed by atoms with E-state index in [4.69, 9.17) is 5.73 Å². The number of amides is 1. The van der Waals surface area contributed by atoms with Crippen LogP contribution in [0.5, 0.6) is 0 Å². The number of carbonyl (C=O) groups excluding carboxylic acids is 1. The van der Waals surface area contributed by atoms with Gasteiger partial charge in [0.25, 0.3) is 0 Å². The fourth-order valence-electron chi connectivity index (χ4n) is 3.59. The van der Waals surface area contributed by atoms with E-state index in [2.05, 4.69) is 25.6 Å². The second-order valence-electron chi connectivity index (χ2n) is 7.29. The van der Waals surface area contributed by atoms with E-state index in [1.165, 1.54) is 6.42 Å². The Morgan fingerprint density at radius 1 is 1.29 bits per heavy atom. The summed E-state index contributed by atoms with van der Waals surface area (Å²) >= 11 is 0. The molecule has 0 bridgehead atoms. The number of nitrogens with two attached hydrogens (primary N) is 1. The van der Waals surface area contributed by atoms with Crippen molar-refractivity contribution in [3.63, 3.8) is 0 Å². The normalized spacial score (nSPS) is 14.4. The molecule has 3 heterocycles. The van der Waals surface area contributed by atoms with E-state index in [-0.39, 0.29) is 5.91 Å². The van der Waals surface area contributed by atoms with Crippen LogP contribution in [0.3, 0.4) is 0 Å². The number of nitrogens with one attached hydrogen (secondary N) is 2. The molecule has 3 aromatic heterocycles. The Morgan fingerprint density at radius 2 is 2.18 bits per heavy atom. The van der Waals surface area contributed by atoms with Gasteiger partial charge in [0.1, 0.15) is 11.3 Å². The zero-order valence-electron chi connectivity index (χ0n) is 15.4. The second-order valence-corrected chi connectivity index (χ2v) is 7.29. The highest BCUT2D eigenvalue weighted by atomic mass is 16.1. The molecular formula is C20H21N7O. The number of benzene rings is 1. The molecule has 4 N–H and O–H groups in total. The molecule has 0 unspecified atom stereocenters. The quantitative estimate of drug-likeness (QED) is 0.496. The van der Waals surface area contributed by atoms with Gasteiger partial charge >= 0.3 is 0 Å². The Balaban J connectivity index is 1.44. The maximum Gasteiger partial charge on any atom is 0.222 e. The number of carbonyl (C=O) groups is 1. The Kier molecular flexibility index (Phi) is 3.96. The smallest absolute Gasteiger partial charge is 0.222 e. The van der Waals surface area contributed by atoms with Gasteiger partial charge in [-0.1, -0.05) is 6.07 Å². The number of fused-ring (bicyclic) bond motifs is 3. The van der Waals surface area contributed by atoms with Crippen molar-refractivity contribution in [2.45, 2.75) is 38.3 Å². The Hall–Kier alpha value is -3.42. The summed E-state index contributed by atoms with van der Waals surface area (Å²) in [6.07, 6.45) is 7.44. The number of nitrogen functional groups attached to an aromatic ring is 1. The SMILES string of the molecule is Nc1nc2cc(-c3cc[nH]n3)ccc2c2nn(CCC(=O)NC3CCC3)cc12. The molecule has 0 radical (unpaired) electrons. The number of pyridine rings is 1. The van der Waals surface area contributed by atoms with E-state index in [1.807, 2.05) is 30.5 Å². The highest BCUT2D eigenvalue weighted by Gasteiger charge is 2.19. The van der Waals surface area contributed by atoms with E-state index in [0.717, 1.165) is 45.9 Å². The van der Waals surface area contributed by atoms with Gasteiger partial charge in [0.05, 0.1) is 16.6 Å². The van der Waals surface area contributed by atoms with Crippen molar-refractivity contribution in [3.05, 3.63) is 36.7 Å². The van der Waals surface area contributed by atoms with Crippen LogP contribution in [-0.2, 0) is 11.3 Å². The molecule has 0 atom stereocenters. The first-order chi connectivity index (χ1) is 13.7. The predicted molar refractivity (Wildman–Crippen MR) is 107 cm³/mol. The van der Waals surface area contributed by atoms with Gasteiger partial charge in [0, 0.05) is 42.4 Å². The topological polar surface area (TPSA) is 115 Å². The molecule has 28 heavy (non-hydrogen) atoms. The molecule has 1 fully saturated rings. The van der Waals surface area contributed by atoms with E-state index in [0.29, 0.717) is 24.8 Å². The first-order valence-electron chi connectivity index (χ1n) is 9.53. The standard InChI is InChI=1S/C20H21N7O/c21-20-15-11-27(9-7-18(28)23-13-2-1-3-13)26-19(15)14-5-4-12(10-17(14)24-20)16-6-8-22-25-16/h4-6,8,10-11,13H,1-3,7,9H2,(H2,21,24)(H,22,25)(H,23,28). The lowest BCUT2D eigenvalue weighted by Gasteiger charge is -2.26. The maximum atomic E-state index is 12.1. The molecule has 1 aromatic carbocycles. The van der Waals surface area contributed by atoms with Crippen LogP contribution in [0.2, 0.25) is 0 Å². The molecule has 8 nitrogen and oxygen atoms in total. The number of nitrogens with zero attached hydrogens (tertiary/aromatic N) is 4. The van der Waals surface area contributed by atoms with Crippen molar-refractivity contribution in [2.75, 3.05) is 5.73 Å². The van der Waals surface area contributed by atoms with Crippen LogP contribution in [0, 0.1) is 0 Å². The number of rotatable bonds is 5. The number of H-pyrrole nitrogens is 1. The number of hydrogen-bond acceptors (Lipinski definition) is 5. The van der Waals surface area contributed by atoms with Gasteiger partial charge in [0.15, 0.2) is 0 Å². The fourth-order valence-corrected chi connectivity index (χ4v) is 3.59. The van der Waals surface area contributed by atoms with Gasteiger partial charge in [-0.2, -0.15) is 10.2 Å². The minimum atomic E-state index is 0.0730. The first-order valence-corrected chi connectivity index (χ1v) is 9.53. The summed E-state index contributed by atoms with van der Waals surface area (Å²) in [5.74, 6) is 0.510. The van der Waals surface area contributed by atoms with Gasteiger partial charge in [-0.3, -0.25) is 14.6 Å². The van der Waals surface area contributed by atoms with Gasteiger partial charge in [-0.25, -0.2) is 4.98 Å². The summed E-state index contributed by atoms with van der Waals surface area (Å²) in [6.45, 7) is 0.513. The lowest BCUT2D eigenvalue weighted by molar-refractivity contribution is -0.122. The number of anilines is 1. The molecule has 142 valence electrons. The van der Waals surface area contributed by atoms with Crippen LogP contribution in [-0.4, -0.2) is 36.9 Å². The van der Waals surface area contributed by atoms with Gasteiger partial charge in [-0.05, 0) is 37.5 Å². The average Bonchev–Trinajstić information content (AvgIpc) is 3.33. The van der Waals surface area contributed by atoms with Crippen LogP contribution in [0.1, 0.15) is 25.7 Å². The summed E-state index contributed by atoms with van der Waals surface area (Å²) in [5, 5.41) is 16.5. The van der Waals surface area contributed by atoms with Crippen molar-refractivity contribution in [1.82, 2.24) is 30.3 Å². The third kappa shape index (κ3) is 2.96. The molecule has 0 aliphatic heterocycles. The molecule has 0 spiro atoms. The third-order valence-electron chi connectivity index (χ3n) is 5.37. The minimum Gasteiger partial charge on any atom is -0.383 e. The molecule has 1 amide bonds. The lowest BCUT2D eigenvalue weighted by atomic mass is 9.93. The van der Waals surface area contributed by atoms with Crippen molar-refractivity contribution >= 4 is 33.5 Å². The van der Waals surface area contributed by atoms with Gasteiger partial charge < -0.3 is 11.1 Å². The monoisotopic (exact) mass is 375 g/mol. The minimum absolute atomic E-state index is 0.0730. The van der Waals surface area contributed by atoms with E-state index >= 15 is 0 Å². The predicted octanol–water partition coefficient (Wildman–Crippen LogP) is 2.62. The van der Waals surface area contributed by atoms with E-state index in [9.17, 15) is 4.79 Å². The highest BCUT2D eigenvalue weighted by molar-refractivity contribution is 6.08. The summed E-state index contributed by atoms with van der Waals surface area (Å²) in [7, 11) is 0. The van der Waals surface area contributed by atoms with Crippen LogP contribution >= 0.6 is 0 Å². The number of aromatic amines is 1. The Labute approximate surface area is 161 Å². The van der Waals surface area contributed by atoms with E-state index < -0.39 is 0 Å². The largest absolute Gasteiger partial charge is 0.383 e. The lowest BCUT2D eigenvalue weighted by Crippen LogP contribution is -2.39. The zero-order chi connectivity index (χ0) is 19.1. The first kappa shape index (κ1) is 16.7. The van der Waals surface area contributed by atoms with Crippen molar-refractivity contribution < 1.29 is 4.79 Å². The molecule has 8 heteroatoms. The van der Waals surface area contributed by atoms with Crippen molar-refractivity contribution in [1.29, 1.82) is 0 Å². The summed E-state index contributed by atoms with van der Waals surface area (Å²) in [4.78, 5) is 16.6. The molecule has 1 aliphatic carbocycles. The number of hydrogen-bond donors (Lipinski definition) is 3. The number of aryl methyl sites for hydroxylation is 1. The summed E-state index contributed by atoms with van der Waals surface area (Å²) < 4.78 is 1.78. The third-order valence-corrected chi connectivity index (χ3v) is 5.37. The van der Waals surface area contributed by atoms with Crippen LogP contribution in [0.25, 0.3) is 33.1 Å². The van der Waals surface area contributed by atoms with Crippen LogP contribution < -0.4 is 11.1 Å². The fraction of sp³-hybridized carbons (Fsp3) is 0.300.